The lowest BCUT2D eigenvalue weighted by molar-refractivity contribution is 0.559. The van der Waals surface area contributed by atoms with Gasteiger partial charge in [-0.2, -0.15) is 0 Å². The minimum atomic E-state index is 0.672. The molecular formula is C13H19N3. The topological polar surface area (TPSA) is 29.9 Å². The highest BCUT2D eigenvalue weighted by Crippen LogP contribution is 2.45. The van der Waals surface area contributed by atoms with Crippen molar-refractivity contribution >= 4 is 5.95 Å². The van der Waals surface area contributed by atoms with Crippen LogP contribution in [0.15, 0.2) is 25.0 Å². The van der Waals surface area contributed by atoms with Crippen molar-refractivity contribution in [2.24, 2.45) is 11.8 Å². The monoisotopic (exact) mass is 217 g/mol. The summed E-state index contributed by atoms with van der Waals surface area (Å²) in [5.41, 5.74) is 0. The molecule has 0 bridgehead atoms. The van der Waals surface area contributed by atoms with E-state index in [1.165, 1.54) is 25.7 Å². The van der Waals surface area contributed by atoms with Gasteiger partial charge in [-0.05, 0) is 37.5 Å². The van der Waals surface area contributed by atoms with E-state index in [-0.39, 0.29) is 0 Å². The molecule has 0 saturated heterocycles. The standard InChI is InChI=1S/C13H19N3/c1-2-8-16-9-7-14-13(16)15-12(10-3-4-10)11-5-6-11/h2,7,9-12H,1,3-6,8H2,(H,14,15). The Kier molecular flexibility index (Phi) is 2.46. The van der Waals surface area contributed by atoms with E-state index in [9.17, 15) is 0 Å². The molecule has 16 heavy (non-hydrogen) atoms. The predicted molar refractivity (Wildman–Crippen MR) is 65.3 cm³/mol. The highest BCUT2D eigenvalue weighted by molar-refractivity contribution is 5.30. The number of anilines is 1. The molecule has 2 aliphatic rings. The predicted octanol–water partition coefficient (Wildman–Crippen LogP) is 2.67. The van der Waals surface area contributed by atoms with Gasteiger partial charge in [0.25, 0.3) is 0 Å². The third kappa shape index (κ3) is 1.99. The number of rotatable bonds is 6. The molecule has 2 aliphatic carbocycles. The lowest BCUT2D eigenvalue weighted by Gasteiger charge is -2.18. The van der Waals surface area contributed by atoms with Gasteiger partial charge in [-0.3, -0.25) is 0 Å². The van der Waals surface area contributed by atoms with Crippen LogP contribution in [-0.2, 0) is 6.54 Å². The van der Waals surface area contributed by atoms with Gasteiger partial charge in [0.1, 0.15) is 0 Å². The summed E-state index contributed by atoms with van der Waals surface area (Å²) in [6.45, 7) is 4.61. The van der Waals surface area contributed by atoms with E-state index in [4.69, 9.17) is 0 Å². The van der Waals surface area contributed by atoms with E-state index in [1.54, 1.807) is 0 Å². The van der Waals surface area contributed by atoms with Gasteiger partial charge < -0.3 is 9.88 Å². The molecular weight excluding hydrogens is 198 g/mol. The van der Waals surface area contributed by atoms with Gasteiger partial charge in [-0.15, -0.1) is 6.58 Å². The Balaban J connectivity index is 1.70. The maximum atomic E-state index is 4.40. The molecule has 2 fully saturated rings. The Hall–Kier alpha value is -1.25. The van der Waals surface area contributed by atoms with Crippen molar-refractivity contribution < 1.29 is 0 Å². The number of imidazole rings is 1. The molecule has 0 aliphatic heterocycles. The fourth-order valence-corrected chi connectivity index (χ4v) is 2.42. The van der Waals surface area contributed by atoms with Crippen LogP contribution in [0.5, 0.6) is 0 Å². The average Bonchev–Trinajstić information content (AvgIpc) is 3.18. The van der Waals surface area contributed by atoms with Crippen LogP contribution in [0.2, 0.25) is 0 Å². The summed E-state index contributed by atoms with van der Waals surface area (Å²) in [7, 11) is 0. The molecule has 86 valence electrons. The van der Waals surface area contributed by atoms with Gasteiger partial charge in [0.15, 0.2) is 0 Å². The zero-order valence-electron chi connectivity index (χ0n) is 9.60. The molecule has 1 heterocycles. The van der Waals surface area contributed by atoms with Gasteiger partial charge in [0.2, 0.25) is 5.95 Å². The molecule has 3 heteroatoms. The van der Waals surface area contributed by atoms with E-state index in [2.05, 4.69) is 21.4 Å². The first-order valence-corrected chi connectivity index (χ1v) is 6.27. The Labute approximate surface area is 96.6 Å². The van der Waals surface area contributed by atoms with Crippen LogP contribution in [0.3, 0.4) is 0 Å². The van der Waals surface area contributed by atoms with Crippen LogP contribution in [0, 0.1) is 11.8 Å². The van der Waals surface area contributed by atoms with Gasteiger partial charge in [0.05, 0.1) is 0 Å². The SMILES string of the molecule is C=CCn1ccnc1NC(C1CC1)C1CC1. The lowest BCUT2D eigenvalue weighted by Crippen LogP contribution is -2.26. The van der Waals surface area contributed by atoms with Gasteiger partial charge in [0, 0.05) is 25.0 Å². The quantitative estimate of drug-likeness (QED) is 0.742. The highest BCUT2D eigenvalue weighted by Gasteiger charge is 2.41. The molecule has 0 aromatic carbocycles. The summed E-state index contributed by atoms with van der Waals surface area (Å²) in [4.78, 5) is 4.40. The maximum absolute atomic E-state index is 4.40. The van der Waals surface area contributed by atoms with E-state index in [0.29, 0.717) is 6.04 Å². The molecule has 0 spiro atoms. The Morgan fingerprint density at radius 3 is 2.69 bits per heavy atom. The van der Waals surface area contributed by atoms with Gasteiger partial charge in [-0.1, -0.05) is 6.08 Å². The summed E-state index contributed by atoms with van der Waals surface area (Å²) in [6, 6.07) is 0.672. The van der Waals surface area contributed by atoms with Gasteiger partial charge >= 0.3 is 0 Å². The van der Waals surface area contributed by atoms with E-state index in [1.807, 2.05) is 18.5 Å². The van der Waals surface area contributed by atoms with Crippen LogP contribution in [0.25, 0.3) is 0 Å². The zero-order chi connectivity index (χ0) is 11.0. The molecule has 0 atom stereocenters. The normalized spacial score (nSPS) is 20.1. The Bertz CT molecular complexity index is 362. The maximum Gasteiger partial charge on any atom is 0.203 e. The number of allylic oxidation sites excluding steroid dienone is 1. The number of hydrogen-bond donors (Lipinski definition) is 1. The summed E-state index contributed by atoms with van der Waals surface area (Å²) >= 11 is 0. The number of aromatic nitrogens is 2. The first kappa shape index (κ1) is 9.94. The van der Waals surface area contributed by atoms with Crippen LogP contribution in [0.1, 0.15) is 25.7 Å². The fraction of sp³-hybridized carbons (Fsp3) is 0.615. The fourth-order valence-electron chi connectivity index (χ4n) is 2.42. The Morgan fingerprint density at radius 2 is 2.12 bits per heavy atom. The first-order valence-electron chi connectivity index (χ1n) is 6.27. The first-order chi connectivity index (χ1) is 7.88. The van der Waals surface area contributed by atoms with Crippen molar-refractivity contribution in [3.05, 3.63) is 25.0 Å². The lowest BCUT2D eigenvalue weighted by atomic mass is 10.1. The molecule has 3 rings (SSSR count). The number of nitrogens with one attached hydrogen (secondary N) is 1. The number of nitrogens with zero attached hydrogens (tertiary/aromatic N) is 2. The smallest absolute Gasteiger partial charge is 0.203 e. The third-order valence-electron chi connectivity index (χ3n) is 3.60. The van der Waals surface area contributed by atoms with Crippen molar-refractivity contribution in [1.82, 2.24) is 9.55 Å². The molecule has 1 aromatic heterocycles. The molecule has 0 amide bonds. The van der Waals surface area contributed by atoms with Crippen LogP contribution in [-0.4, -0.2) is 15.6 Å². The molecule has 0 radical (unpaired) electrons. The summed E-state index contributed by atoms with van der Waals surface area (Å²) in [5, 5.41) is 3.64. The van der Waals surface area contributed by atoms with E-state index in [0.717, 1.165) is 24.3 Å². The van der Waals surface area contributed by atoms with Crippen molar-refractivity contribution in [3.8, 4) is 0 Å². The molecule has 1 N–H and O–H groups in total. The van der Waals surface area contributed by atoms with Crippen LogP contribution < -0.4 is 5.32 Å². The average molecular weight is 217 g/mol. The molecule has 3 nitrogen and oxygen atoms in total. The van der Waals surface area contributed by atoms with E-state index < -0.39 is 0 Å². The van der Waals surface area contributed by atoms with Crippen molar-refractivity contribution in [2.75, 3.05) is 5.32 Å². The third-order valence-corrected chi connectivity index (χ3v) is 3.60. The summed E-state index contributed by atoms with van der Waals surface area (Å²) in [6.07, 6.45) is 11.4. The minimum absolute atomic E-state index is 0.672. The second kappa shape index (κ2) is 3.96. The van der Waals surface area contributed by atoms with Gasteiger partial charge in [-0.25, -0.2) is 4.98 Å². The zero-order valence-corrected chi connectivity index (χ0v) is 9.60. The highest BCUT2D eigenvalue weighted by atomic mass is 15.2. The minimum Gasteiger partial charge on any atom is -0.352 e. The molecule has 1 aromatic rings. The van der Waals surface area contributed by atoms with Crippen LogP contribution in [0.4, 0.5) is 5.95 Å². The molecule has 0 unspecified atom stereocenters. The van der Waals surface area contributed by atoms with Crippen molar-refractivity contribution in [3.63, 3.8) is 0 Å². The summed E-state index contributed by atoms with van der Waals surface area (Å²) < 4.78 is 2.13. The second-order valence-corrected chi connectivity index (χ2v) is 5.04. The largest absolute Gasteiger partial charge is 0.352 e. The van der Waals surface area contributed by atoms with Crippen molar-refractivity contribution in [1.29, 1.82) is 0 Å². The Morgan fingerprint density at radius 1 is 1.44 bits per heavy atom. The second-order valence-electron chi connectivity index (χ2n) is 5.04. The van der Waals surface area contributed by atoms with E-state index >= 15 is 0 Å². The molecule has 2 saturated carbocycles. The van der Waals surface area contributed by atoms with Crippen LogP contribution >= 0.6 is 0 Å². The van der Waals surface area contributed by atoms with Crippen molar-refractivity contribution in [2.45, 2.75) is 38.3 Å². The summed E-state index contributed by atoms with van der Waals surface area (Å²) in [5.74, 6) is 2.83. The number of hydrogen-bond acceptors (Lipinski definition) is 2.